The summed E-state index contributed by atoms with van der Waals surface area (Å²) >= 11 is 5.95. The van der Waals surface area contributed by atoms with Crippen LogP contribution in [0.1, 0.15) is 12.0 Å². The molecule has 21 heavy (non-hydrogen) atoms. The van der Waals surface area contributed by atoms with Crippen LogP contribution in [0.15, 0.2) is 23.1 Å². The van der Waals surface area contributed by atoms with Crippen molar-refractivity contribution in [3.05, 3.63) is 28.8 Å². The third-order valence-corrected chi connectivity index (χ3v) is 7.41. The summed E-state index contributed by atoms with van der Waals surface area (Å²) in [5, 5.41) is 9.17. The molecule has 1 heterocycles. The zero-order valence-electron chi connectivity index (χ0n) is 11.2. The maximum absolute atomic E-state index is 12.6. The second kappa shape index (κ2) is 6.21. The Kier molecular flexibility index (Phi) is 4.94. The average Bonchev–Trinajstić information content (AvgIpc) is 2.60. The molecule has 0 saturated carbocycles. The summed E-state index contributed by atoms with van der Waals surface area (Å²) in [5.74, 6) is -0.201. The molecular formula is C12H16ClNO5S2. The van der Waals surface area contributed by atoms with Gasteiger partial charge in [-0.3, -0.25) is 0 Å². The van der Waals surface area contributed by atoms with Crippen LogP contribution in [-0.4, -0.2) is 50.8 Å². The molecule has 0 aromatic heterocycles. The highest BCUT2D eigenvalue weighted by Crippen LogP contribution is 2.26. The molecule has 2 rings (SSSR count). The molecule has 0 unspecified atom stereocenters. The van der Waals surface area contributed by atoms with Gasteiger partial charge in [0.2, 0.25) is 10.0 Å². The molecule has 1 aliphatic rings. The predicted molar refractivity (Wildman–Crippen MR) is 79.4 cm³/mol. The van der Waals surface area contributed by atoms with Gasteiger partial charge in [0.25, 0.3) is 0 Å². The zero-order valence-corrected chi connectivity index (χ0v) is 13.6. The first-order chi connectivity index (χ1) is 9.76. The maximum Gasteiger partial charge on any atom is 0.244 e. The molecule has 0 amide bonds. The van der Waals surface area contributed by atoms with Gasteiger partial charge in [0.15, 0.2) is 9.84 Å². The SMILES string of the molecule is O=S1(=O)CCCN(S(=O)(=O)c2cc(CO)ccc2Cl)CC1. The lowest BCUT2D eigenvalue weighted by atomic mass is 10.2. The van der Waals surface area contributed by atoms with E-state index in [9.17, 15) is 16.8 Å². The first kappa shape index (κ1) is 16.7. The van der Waals surface area contributed by atoms with Gasteiger partial charge >= 0.3 is 0 Å². The number of aliphatic hydroxyl groups is 1. The van der Waals surface area contributed by atoms with Gasteiger partial charge < -0.3 is 5.11 Å². The van der Waals surface area contributed by atoms with Crippen LogP contribution in [0.4, 0.5) is 0 Å². The zero-order chi connectivity index (χ0) is 15.7. The van der Waals surface area contributed by atoms with Crippen molar-refractivity contribution in [2.45, 2.75) is 17.9 Å². The molecule has 0 bridgehead atoms. The van der Waals surface area contributed by atoms with Crippen LogP contribution in [0, 0.1) is 0 Å². The highest BCUT2D eigenvalue weighted by atomic mass is 35.5. The molecule has 0 aliphatic carbocycles. The van der Waals surface area contributed by atoms with Crippen molar-refractivity contribution in [3.8, 4) is 0 Å². The molecule has 1 aromatic carbocycles. The molecule has 0 atom stereocenters. The fraction of sp³-hybridized carbons (Fsp3) is 0.500. The molecule has 6 nitrogen and oxygen atoms in total. The van der Waals surface area contributed by atoms with Crippen molar-refractivity contribution in [2.75, 3.05) is 24.6 Å². The van der Waals surface area contributed by atoms with Crippen LogP contribution in [0.3, 0.4) is 0 Å². The number of sulfone groups is 1. The van der Waals surface area contributed by atoms with E-state index in [4.69, 9.17) is 16.7 Å². The summed E-state index contributed by atoms with van der Waals surface area (Å²) in [6.07, 6.45) is 0.263. The van der Waals surface area contributed by atoms with E-state index in [0.717, 1.165) is 4.31 Å². The highest BCUT2D eigenvalue weighted by Gasteiger charge is 2.30. The van der Waals surface area contributed by atoms with E-state index in [1.807, 2.05) is 0 Å². The van der Waals surface area contributed by atoms with Crippen molar-refractivity contribution in [1.82, 2.24) is 4.31 Å². The summed E-state index contributed by atoms with van der Waals surface area (Å²) in [7, 11) is -7.07. The molecule has 1 saturated heterocycles. The summed E-state index contributed by atoms with van der Waals surface area (Å²) in [4.78, 5) is -0.102. The van der Waals surface area contributed by atoms with E-state index < -0.39 is 19.9 Å². The Morgan fingerprint density at radius 1 is 1.24 bits per heavy atom. The first-order valence-corrected chi connectivity index (χ1v) is 10.00. The molecular weight excluding hydrogens is 338 g/mol. The maximum atomic E-state index is 12.6. The second-order valence-corrected chi connectivity index (χ2v) is 9.45. The van der Waals surface area contributed by atoms with Crippen LogP contribution in [0.25, 0.3) is 0 Å². The smallest absolute Gasteiger partial charge is 0.244 e. The Labute approximate surface area is 129 Å². The number of nitrogens with zero attached hydrogens (tertiary/aromatic N) is 1. The number of aliphatic hydroxyl groups excluding tert-OH is 1. The second-order valence-electron chi connectivity index (χ2n) is 4.83. The Hall–Kier alpha value is -0.670. The lowest BCUT2D eigenvalue weighted by molar-refractivity contribution is 0.281. The molecule has 9 heteroatoms. The van der Waals surface area contributed by atoms with E-state index in [2.05, 4.69) is 0 Å². The normalized spacial score (nSPS) is 20.1. The van der Waals surface area contributed by atoms with Gasteiger partial charge in [0.05, 0.1) is 23.1 Å². The topological polar surface area (TPSA) is 91.8 Å². The Morgan fingerprint density at radius 3 is 2.62 bits per heavy atom. The van der Waals surface area contributed by atoms with Gasteiger partial charge in [0, 0.05) is 13.1 Å². The first-order valence-electron chi connectivity index (χ1n) is 6.36. The van der Waals surface area contributed by atoms with Gasteiger partial charge in [-0.25, -0.2) is 16.8 Å². The van der Waals surface area contributed by atoms with Gasteiger partial charge in [-0.2, -0.15) is 4.31 Å². The molecule has 118 valence electrons. The summed E-state index contributed by atoms with van der Waals surface area (Å²) < 4.78 is 49.5. The van der Waals surface area contributed by atoms with E-state index in [1.165, 1.54) is 18.2 Å². The molecule has 1 aliphatic heterocycles. The van der Waals surface area contributed by atoms with E-state index in [1.54, 1.807) is 0 Å². The average molecular weight is 354 g/mol. The summed E-state index contributed by atoms with van der Waals surface area (Å²) in [6.45, 7) is -0.236. The summed E-state index contributed by atoms with van der Waals surface area (Å²) in [6, 6.07) is 4.26. The minimum absolute atomic E-state index is 0.0105. The van der Waals surface area contributed by atoms with Crippen molar-refractivity contribution < 1.29 is 21.9 Å². The van der Waals surface area contributed by atoms with Crippen LogP contribution >= 0.6 is 11.6 Å². The monoisotopic (exact) mass is 353 g/mol. The lowest BCUT2D eigenvalue weighted by Crippen LogP contribution is -2.33. The quantitative estimate of drug-likeness (QED) is 0.861. The van der Waals surface area contributed by atoms with Gasteiger partial charge in [-0.05, 0) is 24.1 Å². The summed E-state index contributed by atoms with van der Waals surface area (Å²) in [5.41, 5.74) is 0.431. The van der Waals surface area contributed by atoms with Crippen molar-refractivity contribution in [3.63, 3.8) is 0 Å². The highest BCUT2D eigenvalue weighted by molar-refractivity contribution is 7.91. The fourth-order valence-electron chi connectivity index (χ4n) is 2.14. The fourth-order valence-corrected chi connectivity index (χ4v) is 5.53. The molecule has 1 fully saturated rings. The third-order valence-electron chi connectivity index (χ3n) is 3.31. The number of sulfonamides is 1. The largest absolute Gasteiger partial charge is 0.392 e. The minimum atomic E-state index is -3.87. The number of hydrogen-bond acceptors (Lipinski definition) is 5. The lowest BCUT2D eigenvalue weighted by Gasteiger charge is -2.20. The van der Waals surface area contributed by atoms with E-state index >= 15 is 0 Å². The van der Waals surface area contributed by atoms with Gasteiger partial charge in [-0.1, -0.05) is 17.7 Å². The molecule has 0 radical (unpaired) electrons. The number of rotatable bonds is 3. The van der Waals surface area contributed by atoms with Crippen LogP contribution in [-0.2, 0) is 26.5 Å². The van der Waals surface area contributed by atoms with E-state index in [0.29, 0.717) is 5.56 Å². The minimum Gasteiger partial charge on any atom is -0.392 e. The standard InChI is InChI=1S/C12H16ClNO5S2/c13-11-3-2-10(9-15)8-12(11)21(18,19)14-4-1-6-20(16,17)7-5-14/h2-3,8,15H,1,4-7,9H2. The van der Waals surface area contributed by atoms with Crippen LogP contribution in [0.2, 0.25) is 5.02 Å². The molecule has 1 aromatic rings. The number of halogens is 1. The van der Waals surface area contributed by atoms with Crippen LogP contribution < -0.4 is 0 Å². The van der Waals surface area contributed by atoms with Crippen molar-refractivity contribution in [2.24, 2.45) is 0 Å². The van der Waals surface area contributed by atoms with Crippen molar-refractivity contribution >= 4 is 31.5 Å². The van der Waals surface area contributed by atoms with Crippen molar-refractivity contribution in [1.29, 1.82) is 0 Å². The molecule has 1 N–H and O–H groups in total. The Balaban J connectivity index is 2.38. The molecule has 0 spiro atoms. The number of benzene rings is 1. The number of hydrogen-bond donors (Lipinski definition) is 1. The van der Waals surface area contributed by atoms with Gasteiger partial charge in [-0.15, -0.1) is 0 Å². The Morgan fingerprint density at radius 2 is 1.95 bits per heavy atom. The van der Waals surface area contributed by atoms with E-state index in [-0.39, 0.29) is 47.5 Å². The van der Waals surface area contributed by atoms with Gasteiger partial charge in [0.1, 0.15) is 4.90 Å². The Bertz CT molecular complexity index is 730. The third kappa shape index (κ3) is 3.75. The van der Waals surface area contributed by atoms with Crippen LogP contribution in [0.5, 0.6) is 0 Å². The predicted octanol–water partition coefficient (Wildman–Crippen LogP) is 0.642.